The lowest BCUT2D eigenvalue weighted by molar-refractivity contribution is -0.286. The smallest absolute Gasteiger partial charge is 0.395 e. The molecule has 6 nitrogen and oxygen atoms in total. The maximum atomic E-state index is 13.0. The summed E-state index contributed by atoms with van der Waals surface area (Å²) in [6.45, 7) is 1.62. The molecular formula is C15H12ClF2N3O3. The number of benzene rings is 1. The van der Waals surface area contributed by atoms with Gasteiger partial charge in [0.15, 0.2) is 11.5 Å². The number of rotatable bonds is 4. The molecule has 0 radical (unpaired) electrons. The zero-order valence-corrected chi connectivity index (χ0v) is 13.1. The van der Waals surface area contributed by atoms with E-state index < -0.39 is 12.3 Å². The lowest BCUT2D eigenvalue weighted by Crippen LogP contribution is -2.32. The molecule has 0 fully saturated rings. The molecule has 0 unspecified atom stereocenters. The molecule has 1 aliphatic rings. The number of fused-ring (bicyclic) bond motifs is 1. The summed E-state index contributed by atoms with van der Waals surface area (Å²) in [7, 11) is 0. The molecule has 1 aromatic carbocycles. The molecule has 1 aliphatic heterocycles. The van der Waals surface area contributed by atoms with Crippen molar-refractivity contribution in [3.63, 3.8) is 0 Å². The average molecular weight is 356 g/mol. The van der Waals surface area contributed by atoms with E-state index in [0.717, 1.165) is 0 Å². The zero-order chi connectivity index (χ0) is 17.3. The first-order chi connectivity index (χ1) is 11.3. The van der Waals surface area contributed by atoms with Gasteiger partial charge < -0.3 is 20.1 Å². The number of halogens is 3. The number of pyridine rings is 1. The Kier molecular flexibility index (Phi) is 4.15. The molecule has 0 saturated heterocycles. The number of amides is 1. The van der Waals surface area contributed by atoms with Crippen LogP contribution in [0.4, 0.5) is 20.3 Å². The van der Waals surface area contributed by atoms with E-state index in [1.54, 1.807) is 19.1 Å². The van der Waals surface area contributed by atoms with Gasteiger partial charge in [0.1, 0.15) is 11.9 Å². The highest BCUT2D eigenvalue weighted by molar-refractivity contribution is 6.30. The fourth-order valence-electron chi connectivity index (χ4n) is 2.04. The highest BCUT2D eigenvalue weighted by Crippen LogP contribution is 2.42. The fourth-order valence-corrected chi connectivity index (χ4v) is 2.15. The summed E-state index contributed by atoms with van der Waals surface area (Å²) in [4.78, 5) is 16.1. The maximum absolute atomic E-state index is 13.0. The third-order valence-corrected chi connectivity index (χ3v) is 3.38. The predicted octanol–water partition coefficient (Wildman–Crippen LogP) is 3.50. The molecule has 0 spiro atoms. The SMILES string of the molecule is C[C@H](Nc1ccc2c(c1)OC(F)(F)O2)C(=O)Nc1ccc(Cl)cn1. The fraction of sp³-hybridized carbons (Fsp3) is 0.200. The van der Waals surface area contributed by atoms with Gasteiger partial charge in [-0.05, 0) is 31.2 Å². The van der Waals surface area contributed by atoms with E-state index in [1.807, 2.05) is 0 Å². The van der Waals surface area contributed by atoms with Crippen molar-refractivity contribution in [3.05, 3.63) is 41.6 Å². The topological polar surface area (TPSA) is 72.5 Å². The van der Waals surface area contributed by atoms with Crippen LogP contribution in [-0.4, -0.2) is 23.2 Å². The highest BCUT2D eigenvalue weighted by Gasteiger charge is 2.43. The van der Waals surface area contributed by atoms with Gasteiger partial charge in [-0.15, -0.1) is 8.78 Å². The number of alkyl halides is 2. The second-order valence-electron chi connectivity index (χ2n) is 5.05. The van der Waals surface area contributed by atoms with Crippen LogP contribution >= 0.6 is 11.6 Å². The Morgan fingerprint density at radius 2 is 2.00 bits per heavy atom. The number of carbonyl (C=O) groups is 1. The van der Waals surface area contributed by atoms with E-state index in [-0.39, 0.29) is 17.4 Å². The minimum atomic E-state index is -3.68. The number of anilines is 2. The normalized spacial score (nSPS) is 15.7. The standard InChI is InChI=1S/C15H12ClF2N3O3/c1-8(14(22)21-13-5-2-9(16)7-19-13)20-10-3-4-11-12(6-10)24-15(17,18)23-11/h2-8,20H,1H3,(H,19,21,22)/t8-/m0/s1. The number of nitrogens with zero attached hydrogens (tertiary/aromatic N) is 1. The van der Waals surface area contributed by atoms with E-state index in [1.165, 1.54) is 24.4 Å². The summed E-state index contributed by atoms with van der Waals surface area (Å²) >= 11 is 5.72. The van der Waals surface area contributed by atoms with E-state index >= 15 is 0 Å². The van der Waals surface area contributed by atoms with Crippen LogP contribution < -0.4 is 20.1 Å². The first-order valence-corrected chi connectivity index (χ1v) is 7.29. The second kappa shape index (κ2) is 6.12. The van der Waals surface area contributed by atoms with E-state index in [0.29, 0.717) is 16.5 Å². The van der Waals surface area contributed by atoms with Crippen molar-refractivity contribution in [3.8, 4) is 11.5 Å². The Morgan fingerprint density at radius 1 is 1.25 bits per heavy atom. The van der Waals surface area contributed by atoms with Gasteiger partial charge in [-0.2, -0.15) is 0 Å². The average Bonchev–Trinajstić information content (AvgIpc) is 2.82. The monoisotopic (exact) mass is 355 g/mol. The van der Waals surface area contributed by atoms with Crippen LogP contribution in [0.3, 0.4) is 0 Å². The first-order valence-electron chi connectivity index (χ1n) is 6.91. The number of aromatic nitrogens is 1. The Balaban J connectivity index is 1.63. The van der Waals surface area contributed by atoms with Crippen molar-refractivity contribution in [2.75, 3.05) is 10.6 Å². The van der Waals surface area contributed by atoms with Crippen LogP contribution in [0.2, 0.25) is 5.02 Å². The van der Waals surface area contributed by atoms with Crippen LogP contribution in [0.1, 0.15) is 6.92 Å². The second-order valence-corrected chi connectivity index (χ2v) is 5.48. The molecule has 126 valence electrons. The van der Waals surface area contributed by atoms with Crippen molar-refractivity contribution in [1.29, 1.82) is 0 Å². The van der Waals surface area contributed by atoms with Crippen LogP contribution in [0.15, 0.2) is 36.5 Å². The Bertz CT molecular complexity index is 771. The van der Waals surface area contributed by atoms with Crippen molar-refractivity contribution in [2.24, 2.45) is 0 Å². The highest BCUT2D eigenvalue weighted by atomic mass is 35.5. The van der Waals surface area contributed by atoms with Gasteiger partial charge >= 0.3 is 6.29 Å². The number of nitrogens with one attached hydrogen (secondary N) is 2. The van der Waals surface area contributed by atoms with Gasteiger partial charge in [-0.3, -0.25) is 4.79 Å². The molecule has 24 heavy (non-hydrogen) atoms. The van der Waals surface area contributed by atoms with Gasteiger partial charge in [0.2, 0.25) is 5.91 Å². The molecule has 2 aromatic rings. The number of hydrogen-bond acceptors (Lipinski definition) is 5. The Morgan fingerprint density at radius 3 is 2.71 bits per heavy atom. The minimum absolute atomic E-state index is 0.0620. The van der Waals surface area contributed by atoms with Crippen molar-refractivity contribution in [2.45, 2.75) is 19.3 Å². The lowest BCUT2D eigenvalue weighted by Gasteiger charge is -2.15. The molecule has 9 heteroatoms. The van der Waals surface area contributed by atoms with Crippen molar-refractivity contribution < 1.29 is 23.0 Å². The van der Waals surface area contributed by atoms with Crippen molar-refractivity contribution in [1.82, 2.24) is 4.98 Å². The molecule has 1 atom stereocenters. The van der Waals surface area contributed by atoms with Crippen molar-refractivity contribution >= 4 is 29.0 Å². The van der Waals surface area contributed by atoms with Gasteiger partial charge in [0, 0.05) is 18.0 Å². The summed E-state index contributed by atoms with van der Waals surface area (Å²) in [5.74, 6) is -0.166. The minimum Gasteiger partial charge on any atom is -0.395 e. The van der Waals surface area contributed by atoms with Crippen LogP contribution in [0.25, 0.3) is 0 Å². The van der Waals surface area contributed by atoms with Crippen LogP contribution in [-0.2, 0) is 4.79 Å². The molecule has 2 N–H and O–H groups in total. The summed E-state index contributed by atoms with van der Waals surface area (Å²) in [6, 6.07) is 6.69. The molecule has 1 aromatic heterocycles. The van der Waals surface area contributed by atoms with Gasteiger partial charge in [0.05, 0.1) is 5.02 Å². The third-order valence-electron chi connectivity index (χ3n) is 3.16. The molecule has 0 aliphatic carbocycles. The van der Waals surface area contributed by atoms with E-state index in [9.17, 15) is 13.6 Å². The number of hydrogen-bond donors (Lipinski definition) is 2. The summed E-state index contributed by atoms with van der Waals surface area (Å²) in [5.41, 5.74) is 0.432. The predicted molar refractivity (Wildman–Crippen MR) is 83.6 cm³/mol. The van der Waals surface area contributed by atoms with Crippen LogP contribution in [0, 0.1) is 0 Å². The summed E-state index contributed by atoms with van der Waals surface area (Å²) in [5, 5.41) is 5.95. The van der Waals surface area contributed by atoms with E-state index in [4.69, 9.17) is 11.6 Å². The molecule has 3 rings (SSSR count). The zero-order valence-electron chi connectivity index (χ0n) is 12.3. The number of carbonyl (C=O) groups excluding carboxylic acids is 1. The molecule has 2 heterocycles. The third kappa shape index (κ3) is 3.65. The largest absolute Gasteiger partial charge is 0.586 e. The van der Waals surface area contributed by atoms with Crippen LogP contribution in [0.5, 0.6) is 11.5 Å². The Labute approximate surface area is 140 Å². The molecule has 0 saturated carbocycles. The molecule has 1 amide bonds. The molecule has 0 bridgehead atoms. The van der Waals surface area contributed by atoms with Gasteiger partial charge in [0.25, 0.3) is 0 Å². The summed E-state index contributed by atoms with van der Waals surface area (Å²) in [6.07, 6.45) is -2.27. The first kappa shape index (κ1) is 16.3. The maximum Gasteiger partial charge on any atom is 0.586 e. The quantitative estimate of drug-likeness (QED) is 0.878. The van der Waals surface area contributed by atoms with Gasteiger partial charge in [-0.1, -0.05) is 11.6 Å². The summed E-state index contributed by atoms with van der Waals surface area (Å²) < 4.78 is 34.6. The van der Waals surface area contributed by atoms with Gasteiger partial charge in [-0.25, -0.2) is 4.98 Å². The number of ether oxygens (including phenoxy) is 2. The lowest BCUT2D eigenvalue weighted by atomic mass is 10.2. The molecular weight excluding hydrogens is 344 g/mol. The van der Waals surface area contributed by atoms with E-state index in [2.05, 4.69) is 25.1 Å². The Hall–Kier alpha value is -2.61.